The highest BCUT2D eigenvalue weighted by molar-refractivity contribution is 9.10. The smallest absolute Gasteiger partial charge is 0.229 e. The molecule has 2 unspecified atom stereocenters. The van der Waals surface area contributed by atoms with Gasteiger partial charge in [-0.15, -0.1) is 0 Å². The lowest BCUT2D eigenvalue weighted by atomic mass is 9.97. The predicted molar refractivity (Wildman–Crippen MR) is 73.3 cm³/mol. The Hall–Kier alpha value is -0.580. The number of amides is 1. The van der Waals surface area contributed by atoms with Crippen molar-refractivity contribution in [2.75, 3.05) is 18.4 Å². The maximum Gasteiger partial charge on any atom is 0.229 e. The lowest BCUT2D eigenvalue weighted by Gasteiger charge is -2.15. The molecule has 17 heavy (non-hydrogen) atoms. The molecule has 0 radical (unpaired) electrons. The van der Waals surface area contributed by atoms with Crippen LogP contribution in [0.3, 0.4) is 0 Å². The minimum Gasteiger partial charge on any atom is -0.325 e. The number of carbonyl (C=O) groups excluding carboxylic acids is 1. The molecule has 0 saturated carbocycles. The molecule has 2 rings (SSSR count). The van der Waals surface area contributed by atoms with Crippen molar-refractivity contribution in [3.8, 4) is 0 Å². The largest absolute Gasteiger partial charge is 0.325 e. The molecule has 1 fully saturated rings. The quantitative estimate of drug-likeness (QED) is 0.880. The summed E-state index contributed by atoms with van der Waals surface area (Å²) in [4.78, 5) is 12.1. The van der Waals surface area contributed by atoms with Crippen molar-refractivity contribution >= 4 is 39.1 Å². The molecule has 1 aromatic rings. The molecule has 5 heteroatoms. The summed E-state index contributed by atoms with van der Waals surface area (Å²) in [5.41, 5.74) is 0.763. The van der Waals surface area contributed by atoms with Crippen LogP contribution >= 0.6 is 27.5 Å². The molecule has 1 heterocycles. The molecule has 92 valence electrons. The predicted octanol–water partition coefficient (Wildman–Crippen LogP) is 2.90. The Morgan fingerprint density at radius 2 is 2.29 bits per heavy atom. The van der Waals surface area contributed by atoms with Gasteiger partial charge in [0.05, 0.1) is 11.6 Å². The van der Waals surface area contributed by atoms with Crippen molar-refractivity contribution in [1.29, 1.82) is 0 Å². The average Bonchev–Trinajstić information content (AvgIpc) is 2.68. The number of carbonyl (C=O) groups is 1. The summed E-state index contributed by atoms with van der Waals surface area (Å²) in [5, 5.41) is 6.79. The molecular weight excluding hydrogens is 304 g/mol. The van der Waals surface area contributed by atoms with E-state index < -0.39 is 0 Å². The van der Waals surface area contributed by atoms with Gasteiger partial charge in [-0.2, -0.15) is 0 Å². The summed E-state index contributed by atoms with van der Waals surface area (Å²) in [5.74, 6) is 0.476. The molecule has 1 saturated heterocycles. The monoisotopic (exact) mass is 316 g/mol. The second-order valence-electron chi connectivity index (χ2n) is 4.36. The SMILES string of the molecule is CC1CNCC1C(=O)Nc1ccc(Cl)cc1Br. The van der Waals surface area contributed by atoms with Crippen LogP contribution in [0.1, 0.15) is 6.92 Å². The Labute approximate surface area is 114 Å². The van der Waals surface area contributed by atoms with Crippen LogP contribution in [0.25, 0.3) is 0 Å². The molecular formula is C12H14BrClN2O. The van der Waals surface area contributed by atoms with Crippen LogP contribution in [-0.4, -0.2) is 19.0 Å². The fourth-order valence-corrected chi connectivity index (χ4v) is 2.76. The maximum atomic E-state index is 12.1. The van der Waals surface area contributed by atoms with Gasteiger partial charge in [-0.25, -0.2) is 0 Å². The second kappa shape index (κ2) is 5.38. The van der Waals surface area contributed by atoms with Gasteiger partial charge in [-0.3, -0.25) is 4.79 Å². The zero-order chi connectivity index (χ0) is 12.4. The first-order valence-electron chi connectivity index (χ1n) is 5.54. The summed E-state index contributed by atoms with van der Waals surface area (Å²) in [6, 6.07) is 5.34. The second-order valence-corrected chi connectivity index (χ2v) is 5.65. The van der Waals surface area contributed by atoms with E-state index in [2.05, 4.69) is 33.5 Å². The fourth-order valence-electron chi connectivity index (χ4n) is 1.98. The third kappa shape index (κ3) is 3.00. The van der Waals surface area contributed by atoms with Gasteiger partial charge in [0, 0.05) is 16.0 Å². The van der Waals surface area contributed by atoms with Crippen LogP contribution in [-0.2, 0) is 4.79 Å². The highest BCUT2D eigenvalue weighted by Gasteiger charge is 2.29. The third-order valence-electron chi connectivity index (χ3n) is 3.04. The molecule has 0 bridgehead atoms. The molecule has 0 aliphatic carbocycles. The summed E-state index contributed by atoms with van der Waals surface area (Å²) < 4.78 is 0.803. The topological polar surface area (TPSA) is 41.1 Å². The molecule has 0 aromatic heterocycles. The van der Waals surface area contributed by atoms with E-state index in [0.29, 0.717) is 10.9 Å². The first-order chi connectivity index (χ1) is 8.08. The van der Waals surface area contributed by atoms with Gasteiger partial charge < -0.3 is 10.6 Å². The normalized spacial score (nSPS) is 23.7. The van der Waals surface area contributed by atoms with E-state index in [1.54, 1.807) is 18.2 Å². The summed E-state index contributed by atoms with van der Waals surface area (Å²) in [6.45, 7) is 3.74. The van der Waals surface area contributed by atoms with Crippen molar-refractivity contribution in [2.24, 2.45) is 11.8 Å². The molecule has 1 aliphatic heterocycles. The Kier molecular flexibility index (Phi) is 4.07. The van der Waals surface area contributed by atoms with Crippen molar-refractivity contribution in [2.45, 2.75) is 6.92 Å². The van der Waals surface area contributed by atoms with Gasteiger partial charge in [0.2, 0.25) is 5.91 Å². The van der Waals surface area contributed by atoms with Crippen LogP contribution in [0, 0.1) is 11.8 Å². The van der Waals surface area contributed by atoms with E-state index in [1.165, 1.54) is 0 Å². The van der Waals surface area contributed by atoms with Crippen molar-refractivity contribution in [3.63, 3.8) is 0 Å². The Morgan fingerprint density at radius 3 is 2.88 bits per heavy atom. The van der Waals surface area contributed by atoms with E-state index >= 15 is 0 Å². The molecule has 1 aromatic carbocycles. The molecule has 1 aliphatic rings. The van der Waals surface area contributed by atoms with Crippen molar-refractivity contribution in [1.82, 2.24) is 5.32 Å². The lowest BCUT2D eigenvalue weighted by Crippen LogP contribution is -2.27. The van der Waals surface area contributed by atoms with E-state index in [-0.39, 0.29) is 11.8 Å². The lowest BCUT2D eigenvalue weighted by molar-refractivity contribution is -0.120. The third-order valence-corrected chi connectivity index (χ3v) is 3.93. The maximum absolute atomic E-state index is 12.1. The average molecular weight is 318 g/mol. The van der Waals surface area contributed by atoms with Gasteiger partial charge in [0.25, 0.3) is 0 Å². The first-order valence-corrected chi connectivity index (χ1v) is 6.71. The number of nitrogens with one attached hydrogen (secondary N) is 2. The summed E-state index contributed by atoms with van der Waals surface area (Å²) in [7, 11) is 0. The standard InChI is InChI=1S/C12H14BrClN2O/c1-7-5-15-6-9(7)12(17)16-11-3-2-8(14)4-10(11)13/h2-4,7,9,15H,5-6H2,1H3,(H,16,17). The van der Waals surface area contributed by atoms with Gasteiger partial charge in [0.15, 0.2) is 0 Å². The summed E-state index contributed by atoms with van der Waals surface area (Å²) in [6.07, 6.45) is 0. The van der Waals surface area contributed by atoms with E-state index in [9.17, 15) is 4.79 Å². The van der Waals surface area contributed by atoms with E-state index in [1.807, 2.05) is 0 Å². The van der Waals surface area contributed by atoms with Crippen LogP contribution in [0.4, 0.5) is 5.69 Å². The minimum atomic E-state index is 0.0394. The Bertz CT molecular complexity index is 439. The highest BCUT2D eigenvalue weighted by Crippen LogP contribution is 2.27. The molecule has 0 spiro atoms. The van der Waals surface area contributed by atoms with Crippen molar-refractivity contribution < 1.29 is 4.79 Å². The fraction of sp³-hybridized carbons (Fsp3) is 0.417. The van der Waals surface area contributed by atoms with Crippen LogP contribution in [0.5, 0.6) is 0 Å². The zero-order valence-electron chi connectivity index (χ0n) is 9.47. The Balaban J connectivity index is 2.07. The van der Waals surface area contributed by atoms with Crippen LogP contribution < -0.4 is 10.6 Å². The van der Waals surface area contributed by atoms with Crippen molar-refractivity contribution in [3.05, 3.63) is 27.7 Å². The van der Waals surface area contributed by atoms with Gasteiger partial charge in [-0.1, -0.05) is 18.5 Å². The number of benzene rings is 1. The van der Waals surface area contributed by atoms with Gasteiger partial charge >= 0.3 is 0 Å². The number of anilines is 1. The molecule has 2 atom stereocenters. The highest BCUT2D eigenvalue weighted by atomic mass is 79.9. The van der Waals surface area contributed by atoms with Gasteiger partial charge in [-0.05, 0) is 46.6 Å². The zero-order valence-corrected chi connectivity index (χ0v) is 11.8. The molecule has 3 nitrogen and oxygen atoms in total. The van der Waals surface area contributed by atoms with Crippen LogP contribution in [0.15, 0.2) is 22.7 Å². The molecule has 1 amide bonds. The Morgan fingerprint density at radius 1 is 1.53 bits per heavy atom. The van der Waals surface area contributed by atoms with Gasteiger partial charge in [0.1, 0.15) is 0 Å². The van der Waals surface area contributed by atoms with E-state index in [0.717, 1.165) is 23.2 Å². The summed E-state index contributed by atoms with van der Waals surface area (Å²) >= 11 is 9.24. The minimum absolute atomic E-state index is 0.0394. The molecule has 2 N–H and O–H groups in total. The number of hydrogen-bond donors (Lipinski definition) is 2. The first kappa shape index (κ1) is 12.9. The number of halogens is 2. The van der Waals surface area contributed by atoms with Crippen LogP contribution in [0.2, 0.25) is 5.02 Å². The number of rotatable bonds is 2. The van der Waals surface area contributed by atoms with E-state index in [4.69, 9.17) is 11.6 Å². The number of hydrogen-bond acceptors (Lipinski definition) is 2.